The molecule has 0 spiro atoms. The number of phenolic OH excluding ortho intramolecular Hbond substituents is 1. The second-order valence-electron chi connectivity index (χ2n) is 5.30. The molecule has 0 amide bonds. The number of benzene rings is 2. The van der Waals surface area contributed by atoms with Gasteiger partial charge in [0.25, 0.3) is 0 Å². The molecule has 1 N–H and O–H groups in total. The Morgan fingerprint density at radius 3 is 2.30 bits per heavy atom. The third-order valence-corrected chi connectivity index (χ3v) is 3.72. The summed E-state index contributed by atoms with van der Waals surface area (Å²) in [5, 5.41) is 20.3. The fourth-order valence-electron chi connectivity index (χ4n) is 2.65. The minimum Gasteiger partial charge on any atom is -0.550 e. The van der Waals surface area contributed by atoms with Gasteiger partial charge in [-0.3, -0.25) is 0 Å². The van der Waals surface area contributed by atoms with Gasteiger partial charge < -0.3 is 19.6 Å². The lowest BCUT2D eigenvalue weighted by molar-refractivity contribution is -0.305. The Labute approximate surface area is 134 Å². The molecule has 2 aromatic carbocycles. The number of hydrogen-bond acceptors (Lipinski definition) is 3. The Hall–Kier alpha value is -3.01. The topological polar surface area (TPSA) is 65.3 Å². The van der Waals surface area contributed by atoms with Crippen molar-refractivity contribution in [3.05, 3.63) is 72.4 Å². The Kier molecular flexibility index (Phi) is 4.15. The van der Waals surface area contributed by atoms with Crippen LogP contribution in [0.15, 0.2) is 66.7 Å². The van der Waals surface area contributed by atoms with Gasteiger partial charge in [0, 0.05) is 17.4 Å². The first-order valence-corrected chi connectivity index (χ1v) is 7.40. The monoisotopic (exact) mass is 306 g/mol. The zero-order valence-corrected chi connectivity index (χ0v) is 12.5. The van der Waals surface area contributed by atoms with Gasteiger partial charge in [-0.1, -0.05) is 30.3 Å². The van der Waals surface area contributed by atoms with E-state index in [-0.39, 0.29) is 12.2 Å². The number of hydrogen-bond donors (Lipinski definition) is 1. The summed E-state index contributed by atoms with van der Waals surface area (Å²) in [6.07, 6.45) is 0.354. The maximum Gasteiger partial charge on any atom is 0.115 e. The molecule has 0 saturated carbocycles. The number of nitrogens with zero attached hydrogens (tertiary/aromatic N) is 1. The molecule has 0 aliphatic heterocycles. The molecule has 3 aromatic rings. The Bertz CT molecular complexity index is 804. The van der Waals surface area contributed by atoms with Gasteiger partial charge in [0.05, 0.1) is 5.69 Å². The maximum atomic E-state index is 10.8. The molecule has 3 rings (SSSR count). The number of aromatic nitrogens is 1. The second-order valence-corrected chi connectivity index (χ2v) is 5.30. The van der Waals surface area contributed by atoms with Crippen molar-refractivity contribution in [2.75, 3.05) is 0 Å². The van der Waals surface area contributed by atoms with Crippen molar-refractivity contribution in [1.29, 1.82) is 0 Å². The molecule has 4 heteroatoms. The average Bonchev–Trinajstić information content (AvgIpc) is 2.98. The van der Waals surface area contributed by atoms with Gasteiger partial charge >= 0.3 is 0 Å². The minimum absolute atomic E-state index is 0.0314. The van der Waals surface area contributed by atoms with Crippen LogP contribution in [0.3, 0.4) is 0 Å². The zero-order chi connectivity index (χ0) is 16.2. The molecule has 0 aliphatic carbocycles. The van der Waals surface area contributed by atoms with E-state index >= 15 is 0 Å². The van der Waals surface area contributed by atoms with Crippen molar-refractivity contribution in [2.24, 2.45) is 0 Å². The molecule has 0 bridgehead atoms. The number of aromatic hydroxyl groups is 1. The highest BCUT2D eigenvalue weighted by atomic mass is 16.4. The molecular formula is C19H16NO3-. The summed E-state index contributed by atoms with van der Waals surface area (Å²) in [6, 6.07) is 20.7. The number of carbonyl (C=O) groups excluding carboxylic acids is 1. The first-order valence-electron chi connectivity index (χ1n) is 7.40. The van der Waals surface area contributed by atoms with Gasteiger partial charge in [-0.25, -0.2) is 0 Å². The van der Waals surface area contributed by atoms with E-state index in [0.29, 0.717) is 6.42 Å². The molecule has 1 aromatic heterocycles. The van der Waals surface area contributed by atoms with Crippen LogP contribution in [-0.4, -0.2) is 15.6 Å². The van der Waals surface area contributed by atoms with Crippen LogP contribution in [0.25, 0.3) is 16.9 Å². The summed E-state index contributed by atoms with van der Waals surface area (Å²) >= 11 is 0. The molecule has 1 heterocycles. The normalized spacial score (nSPS) is 10.6. The number of aliphatic carboxylic acids is 1. The van der Waals surface area contributed by atoms with Crippen LogP contribution in [0.2, 0.25) is 0 Å². The summed E-state index contributed by atoms with van der Waals surface area (Å²) < 4.78 is 2.01. The third kappa shape index (κ3) is 3.26. The van der Waals surface area contributed by atoms with Crippen LogP contribution >= 0.6 is 0 Å². The van der Waals surface area contributed by atoms with Gasteiger partial charge in [-0.15, -0.1) is 0 Å². The molecule has 0 radical (unpaired) electrons. The lowest BCUT2D eigenvalue weighted by Crippen LogP contribution is -2.22. The van der Waals surface area contributed by atoms with Crippen molar-refractivity contribution in [3.63, 3.8) is 0 Å². The van der Waals surface area contributed by atoms with E-state index in [1.54, 1.807) is 12.1 Å². The van der Waals surface area contributed by atoms with Gasteiger partial charge in [-0.2, -0.15) is 0 Å². The standard InChI is InChI=1S/C19H17NO3/c21-17-10-6-15(7-11-17)20-16(9-13-19(22)23)8-12-18(20)14-4-2-1-3-5-14/h1-8,10-12,21H,9,13H2,(H,22,23)/p-1. The van der Waals surface area contributed by atoms with Gasteiger partial charge in [0.2, 0.25) is 0 Å². The third-order valence-electron chi connectivity index (χ3n) is 3.72. The Morgan fingerprint density at radius 1 is 0.957 bits per heavy atom. The molecule has 0 fully saturated rings. The average molecular weight is 306 g/mol. The quantitative estimate of drug-likeness (QED) is 0.788. The Balaban J connectivity index is 2.10. The molecular weight excluding hydrogens is 290 g/mol. The van der Waals surface area contributed by atoms with Crippen LogP contribution in [0.4, 0.5) is 0 Å². The summed E-state index contributed by atoms with van der Waals surface area (Å²) in [4.78, 5) is 10.8. The highest BCUT2D eigenvalue weighted by molar-refractivity contribution is 5.66. The van der Waals surface area contributed by atoms with Gasteiger partial charge in [0.1, 0.15) is 5.75 Å². The minimum atomic E-state index is -1.07. The summed E-state index contributed by atoms with van der Waals surface area (Å²) in [5.74, 6) is -0.872. The number of phenols is 1. The molecule has 0 atom stereocenters. The predicted molar refractivity (Wildman–Crippen MR) is 86.2 cm³/mol. The highest BCUT2D eigenvalue weighted by Gasteiger charge is 2.12. The summed E-state index contributed by atoms with van der Waals surface area (Å²) in [7, 11) is 0. The number of rotatable bonds is 5. The molecule has 0 aliphatic rings. The highest BCUT2D eigenvalue weighted by Crippen LogP contribution is 2.28. The van der Waals surface area contributed by atoms with Crippen molar-refractivity contribution >= 4 is 5.97 Å². The van der Waals surface area contributed by atoms with Crippen LogP contribution in [0, 0.1) is 0 Å². The van der Waals surface area contributed by atoms with E-state index < -0.39 is 5.97 Å². The largest absolute Gasteiger partial charge is 0.550 e. The van der Waals surface area contributed by atoms with Crippen molar-refractivity contribution in [3.8, 4) is 22.7 Å². The van der Waals surface area contributed by atoms with Crippen LogP contribution in [-0.2, 0) is 11.2 Å². The molecule has 116 valence electrons. The van der Waals surface area contributed by atoms with Crippen LogP contribution < -0.4 is 5.11 Å². The van der Waals surface area contributed by atoms with Crippen molar-refractivity contribution in [1.82, 2.24) is 4.57 Å². The predicted octanol–water partition coefficient (Wildman–Crippen LogP) is 2.53. The maximum absolute atomic E-state index is 10.8. The summed E-state index contributed by atoms with van der Waals surface area (Å²) in [5.41, 5.74) is 3.78. The number of carbonyl (C=O) groups is 1. The van der Waals surface area contributed by atoms with Crippen LogP contribution in [0.5, 0.6) is 5.75 Å². The molecule has 0 saturated heterocycles. The van der Waals surface area contributed by atoms with E-state index in [1.807, 2.05) is 59.2 Å². The van der Waals surface area contributed by atoms with E-state index in [9.17, 15) is 15.0 Å². The molecule has 4 nitrogen and oxygen atoms in total. The van der Waals surface area contributed by atoms with Crippen molar-refractivity contribution in [2.45, 2.75) is 12.8 Å². The SMILES string of the molecule is O=C([O-])CCc1ccc(-c2ccccc2)n1-c1ccc(O)cc1. The smallest absolute Gasteiger partial charge is 0.115 e. The van der Waals surface area contributed by atoms with Gasteiger partial charge in [-0.05, 0) is 54.8 Å². The Morgan fingerprint density at radius 2 is 1.65 bits per heavy atom. The van der Waals surface area contributed by atoms with Crippen molar-refractivity contribution < 1.29 is 15.0 Å². The lowest BCUT2D eigenvalue weighted by atomic mass is 10.1. The van der Waals surface area contributed by atoms with Gasteiger partial charge in [0.15, 0.2) is 0 Å². The first-order chi connectivity index (χ1) is 11.1. The molecule has 0 unspecified atom stereocenters. The van der Waals surface area contributed by atoms with Crippen LogP contribution in [0.1, 0.15) is 12.1 Å². The fourth-order valence-corrected chi connectivity index (χ4v) is 2.65. The van der Waals surface area contributed by atoms with E-state index in [0.717, 1.165) is 22.6 Å². The number of carboxylic acids is 1. The van der Waals surface area contributed by atoms with E-state index in [4.69, 9.17) is 0 Å². The fraction of sp³-hybridized carbons (Fsp3) is 0.105. The first kappa shape index (κ1) is 14.9. The summed E-state index contributed by atoms with van der Waals surface area (Å²) in [6.45, 7) is 0. The lowest BCUT2D eigenvalue weighted by Gasteiger charge is -2.14. The second kappa shape index (κ2) is 6.40. The van der Waals surface area contributed by atoms with E-state index in [2.05, 4.69) is 0 Å². The zero-order valence-electron chi connectivity index (χ0n) is 12.5. The molecule has 23 heavy (non-hydrogen) atoms. The van der Waals surface area contributed by atoms with E-state index in [1.165, 1.54) is 0 Å². The number of aryl methyl sites for hydroxylation is 1. The number of carboxylic acid groups (broad SMARTS) is 1.